The van der Waals surface area contributed by atoms with E-state index in [4.69, 9.17) is 15.2 Å². The first-order valence-electron chi connectivity index (χ1n) is 8.25. The van der Waals surface area contributed by atoms with Crippen LogP contribution in [0.15, 0.2) is 23.2 Å². The van der Waals surface area contributed by atoms with Crippen LogP contribution in [0.2, 0.25) is 0 Å². The van der Waals surface area contributed by atoms with Crippen molar-refractivity contribution in [3.05, 3.63) is 18.2 Å². The number of nitrogens with one attached hydrogen (secondary N) is 1. The van der Waals surface area contributed by atoms with Gasteiger partial charge in [0.2, 0.25) is 0 Å². The fourth-order valence-electron chi connectivity index (χ4n) is 3.23. The smallest absolute Gasteiger partial charge is 0.193 e. The third-order valence-corrected chi connectivity index (χ3v) is 4.77. The quantitative estimate of drug-likeness (QED) is 0.389. The fourth-order valence-corrected chi connectivity index (χ4v) is 3.23. The molecule has 2 rings (SSSR count). The van der Waals surface area contributed by atoms with Gasteiger partial charge in [0.25, 0.3) is 0 Å². The molecular formula is C18H30IN3O2. The van der Waals surface area contributed by atoms with Crippen molar-refractivity contribution in [1.82, 2.24) is 0 Å². The summed E-state index contributed by atoms with van der Waals surface area (Å²) in [6.07, 6.45) is 5.31. The standard InChI is InChI=1S/C18H29N3O2.HI/c1-18(2,13-7-5-6-8-13)12-20-17(19)21-14-9-10-15(22-3)16(11-14)23-4;/h9-11,13H,5-8,12H2,1-4H3,(H3,19,20,21);1H. The molecule has 6 heteroatoms. The number of guanidine groups is 1. The minimum atomic E-state index is 0. The first kappa shape index (κ1) is 20.9. The highest BCUT2D eigenvalue weighted by Gasteiger charge is 2.31. The average molecular weight is 447 g/mol. The van der Waals surface area contributed by atoms with Gasteiger partial charge in [-0.25, -0.2) is 0 Å². The summed E-state index contributed by atoms with van der Waals surface area (Å²) in [7, 11) is 3.23. The van der Waals surface area contributed by atoms with Crippen LogP contribution in [-0.4, -0.2) is 26.7 Å². The van der Waals surface area contributed by atoms with Crippen molar-refractivity contribution in [2.24, 2.45) is 22.1 Å². The normalized spacial score (nSPS) is 15.8. The van der Waals surface area contributed by atoms with Crippen LogP contribution < -0.4 is 20.5 Å². The number of aliphatic imine (C=N–C) groups is 1. The Hall–Kier alpha value is -1.18. The predicted molar refractivity (Wildman–Crippen MR) is 111 cm³/mol. The average Bonchev–Trinajstić information content (AvgIpc) is 3.08. The number of methoxy groups -OCH3 is 2. The Morgan fingerprint density at radius 3 is 2.42 bits per heavy atom. The van der Waals surface area contributed by atoms with Gasteiger partial charge in [0, 0.05) is 18.3 Å². The summed E-state index contributed by atoms with van der Waals surface area (Å²) in [6, 6.07) is 5.59. The van der Waals surface area contributed by atoms with Crippen molar-refractivity contribution < 1.29 is 9.47 Å². The summed E-state index contributed by atoms with van der Waals surface area (Å²) in [5.74, 6) is 2.54. The van der Waals surface area contributed by atoms with Crippen LogP contribution in [-0.2, 0) is 0 Å². The third-order valence-electron chi connectivity index (χ3n) is 4.77. The van der Waals surface area contributed by atoms with Crippen LogP contribution in [0.25, 0.3) is 0 Å². The molecule has 5 nitrogen and oxygen atoms in total. The van der Waals surface area contributed by atoms with Gasteiger partial charge in [-0.05, 0) is 36.3 Å². The van der Waals surface area contributed by atoms with E-state index in [-0.39, 0.29) is 29.4 Å². The highest BCUT2D eigenvalue weighted by atomic mass is 127. The number of benzene rings is 1. The van der Waals surface area contributed by atoms with Crippen LogP contribution in [0, 0.1) is 11.3 Å². The molecule has 0 unspecified atom stereocenters. The van der Waals surface area contributed by atoms with Crippen LogP contribution in [0.1, 0.15) is 39.5 Å². The molecule has 0 heterocycles. The number of anilines is 1. The highest BCUT2D eigenvalue weighted by Crippen LogP contribution is 2.39. The number of ether oxygens (including phenoxy) is 2. The van der Waals surface area contributed by atoms with Crippen molar-refractivity contribution in [2.45, 2.75) is 39.5 Å². The Bertz CT molecular complexity index is 555. The monoisotopic (exact) mass is 447 g/mol. The summed E-state index contributed by atoms with van der Waals surface area (Å²) in [6.45, 7) is 5.32. The molecule has 1 aliphatic rings. The number of nitrogens with two attached hydrogens (primary N) is 1. The summed E-state index contributed by atoms with van der Waals surface area (Å²) in [5, 5.41) is 3.12. The molecule has 0 atom stereocenters. The van der Waals surface area contributed by atoms with Gasteiger partial charge < -0.3 is 20.5 Å². The molecular weight excluding hydrogens is 417 g/mol. The zero-order chi connectivity index (χ0) is 16.9. The Morgan fingerprint density at radius 1 is 1.21 bits per heavy atom. The van der Waals surface area contributed by atoms with Gasteiger partial charge >= 0.3 is 0 Å². The first-order chi connectivity index (χ1) is 11.0. The maximum atomic E-state index is 6.04. The third kappa shape index (κ3) is 5.43. The second-order valence-corrected chi connectivity index (χ2v) is 6.87. The molecule has 0 bridgehead atoms. The zero-order valence-electron chi connectivity index (χ0n) is 15.1. The van der Waals surface area contributed by atoms with Gasteiger partial charge in [0.15, 0.2) is 17.5 Å². The molecule has 1 aliphatic carbocycles. The van der Waals surface area contributed by atoms with E-state index < -0.39 is 0 Å². The van der Waals surface area contributed by atoms with Crippen LogP contribution in [0.4, 0.5) is 5.69 Å². The van der Waals surface area contributed by atoms with E-state index in [1.807, 2.05) is 18.2 Å². The van der Waals surface area contributed by atoms with E-state index in [2.05, 4.69) is 24.2 Å². The lowest BCUT2D eigenvalue weighted by Gasteiger charge is -2.30. The molecule has 1 aromatic rings. The van der Waals surface area contributed by atoms with Gasteiger partial charge in [-0.15, -0.1) is 24.0 Å². The van der Waals surface area contributed by atoms with E-state index in [0.717, 1.165) is 18.2 Å². The molecule has 0 amide bonds. The molecule has 136 valence electrons. The maximum absolute atomic E-state index is 6.04. The second-order valence-electron chi connectivity index (χ2n) is 6.87. The molecule has 3 N–H and O–H groups in total. The van der Waals surface area contributed by atoms with Gasteiger partial charge in [0.1, 0.15) is 0 Å². The van der Waals surface area contributed by atoms with E-state index in [0.29, 0.717) is 17.5 Å². The molecule has 0 aromatic heterocycles. The Morgan fingerprint density at radius 2 is 1.83 bits per heavy atom. The number of halogens is 1. The number of hydrogen-bond donors (Lipinski definition) is 2. The Balaban J connectivity index is 0.00000288. The fraction of sp³-hybridized carbons (Fsp3) is 0.611. The number of nitrogens with zero attached hydrogens (tertiary/aromatic N) is 1. The van der Waals surface area contributed by atoms with Crippen LogP contribution in [0.3, 0.4) is 0 Å². The van der Waals surface area contributed by atoms with Crippen molar-refractivity contribution in [1.29, 1.82) is 0 Å². The topological polar surface area (TPSA) is 68.9 Å². The first-order valence-corrected chi connectivity index (χ1v) is 8.25. The maximum Gasteiger partial charge on any atom is 0.193 e. The molecule has 24 heavy (non-hydrogen) atoms. The number of rotatable bonds is 6. The Labute approximate surface area is 162 Å². The van der Waals surface area contributed by atoms with Gasteiger partial charge in [-0.3, -0.25) is 4.99 Å². The highest BCUT2D eigenvalue weighted by molar-refractivity contribution is 14.0. The van der Waals surface area contributed by atoms with Crippen molar-refractivity contribution in [3.8, 4) is 11.5 Å². The Kier molecular flexibility index (Phi) is 8.12. The van der Waals surface area contributed by atoms with Crippen molar-refractivity contribution in [3.63, 3.8) is 0 Å². The minimum absolute atomic E-state index is 0. The number of hydrogen-bond acceptors (Lipinski definition) is 3. The van der Waals surface area contributed by atoms with Crippen LogP contribution in [0.5, 0.6) is 11.5 Å². The largest absolute Gasteiger partial charge is 0.493 e. The summed E-state index contributed by atoms with van der Waals surface area (Å²) in [4.78, 5) is 4.55. The molecule has 1 fully saturated rings. The predicted octanol–water partition coefficient (Wildman–Crippen LogP) is 4.26. The molecule has 0 aliphatic heterocycles. The lowest BCUT2D eigenvalue weighted by Crippen LogP contribution is -2.29. The minimum Gasteiger partial charge on any atom is -0.493 e. The van der Waals surface area contributed by atoms with Crippen molar-refractivity contribution >= 4 is 35.6 Å². The SMILES string of the molecule is COc1ccc(NC(N)=NCC(C)(C)C2CCCC2)cc1OC.I. The van der Waals surface area contributed by atoms with Gasteiger partial charge in [-0.1, -0.05) is 26.7 Å². The van der Waals surface area contributed by atoms with Crippen molar-refractivity contribution in [2.75, 3.05) is 26.1 Å². The van der Waals surface area contributed by atoms with Gasteiger partial charge in [-0.2, -0.15) is 0 Å². The molecule has 0 radical (unpaired) electrons. The molecule has 0 spiro atoms. The van der Waals surface area contributed by atoms with E-state index in [1.54, 1.807) is 14.2 Å². The summed E-state index contributed by atoms with van der Waals surface area (Å²) >= 11 is 0. The molecule has 1 aromatic carbocycles. The van der Waals surface area contributed by atoms with E-state index in [1.165, 1.54) is 25.7 Å². The molecule has 1 saturated carbocycles. The van der Waals surface area contributed by atoms with E-state index >= 15 is 0 Å². The lowest BCUT2D eigenvalue weighted by molar-refractivity contribution is 0.228. The summed E-state index contributed by atoms with van der Waals surface area (Å²) < 4.78 is 10.5. The second kappa shape index (κ2) is 9.34. The molecule has 0 saturated heterocycles. The summed E-state index contributed by atoms with van der Waals surface area (Å²) in [5.41, 5.74) is 7.07. The lowest BCUT2D eigenvalue weighted by atomic mass is 9.78. The zero-order valence-corrected chi connectivity index (χ0v) is 17.4. The van der Waals surface area contributed by atoms with E-state index in [9.17, 15) is 0 Å². The van der Waals surface area contributed by atoms with Crippen LogP contribution >= 0.6 is 24.0 Å². The van der Waals surface area contributed by atoms with Gasteiger partial charge in [0.05, 0.1) is 14.2 Å².